The van der Waals surface area contributed by atoms with Crippen molar-refractivity contribution in [2.45, 2.75) is 33.5 Å². The zero-order valence-corrected chi connectivity index (χ0v) is 15.6. The van der Waals surface area contributed by atoms with Gasteiger partial charge in [-0.2, -0.15) is 5.10 Å². The second kappa shape index (κ2) is 5.82. The number of nitrogens with zero attached hydrogens (tertiary/aromatic N) is 2. The Bertz CT molecular complexity index is 807. The normalized spacial score (nSPS) is 11.7. The summed E-state index contributed by atoms with van der Waals surface area (Å²) in [4.78, 5) is 0. The van der Waals surface area contributed by atoms with E-state index >= 15 is 0 Å². The molecule has 0 atom stereocenters. The van der Waals surface area contributed by atoms with Crippen molar-refractivity contribution in [1.29, 1.82) is 0 Å². The zero-order valence-electron chi connectivity index (χ0n) is 14.6. The second-order valence-corrected chi connectivity index (χ2v) is 12.3. The van der Waals surface area contributed by atoms with Crippen LogP contribution in [0.2, 0.25) is 19.6 Å². The third kappa shape index (κ3) is 3.01. The van der Waals surface area contributed by atoms with Gasteiger partial charge in [0.15, 0.2) is 0 Å². The summed E-state index contributed by atoms with van der Waals surface area (Å²) in [7, 11) is -1.37. The molecule has 0 radical (unpaired) electrons. The molecule has 3 heteroatoms. The van der Waals surface area contributed by atoms with Crippen LogP contribution in [0.15, 0.2) is 54.9 Å². The molecule has 1 heterocycles. The van der Waals surface area contributed by atoms with Gasteiger partial charge >= 0.3 is 0 Å². The van der Waals surface area contributed by atoms with E-state index in [1.165, 1.54) is 27.4 Å². The fourth-order valence-corrected chi connectivity index (χ4v) is 4.21. The molecule has 3 aromatic rings. The average Bonchev–Trinajstić information content (AvgIpc) is 3.00. The molecule has 2 aromatic carbocycles. The Balaban J connectivity index is 2.32. The van der Waals surface area contributed by atoms with Crippen LogP contribution in [0.4, 0.5) is 0 Å². The Labute approximate surface area is 139 Å². The lowest BCUT2D eigenvalue weighted by Crippen LogP contribution is -2.37. The first-order valence-corrected chi connectivity index (χ1v) is 11.6. The lowest BCUT2D eigenvalue weighted by atomic mass is 9.94. The van der Waals surface area contributed by atoms with Crippen LogP contribution in [-0.2, 0) is 0 Å². The van der Waals surface area contributed by atoms with E-state index in [4.69, 9.17) is 0 Å². The van der Waals surface area contributed by atoms with Crippen molar-refractivity contribution in [2.24, 2.45) is 0 Å². The molecule has 23 heavy (non-hydrogen) atoms. The van der Waals surface area contributed by atoms with E-state index in [2.05, 4.69) is 75.0 Å². The van der Waals surface area contributed by atoms with Crippen LogP contribution in [-0.4, -0.2) is 17.9 Å². The summed E-state index contributed by atoms with van der Waals surface area (Å²) < 4.78 is 1.97. The van der Waals surface area contributed by atoms with Crippen LogP contribution >= 0.6 is 0 Å². The molecule has 2 nitrogen and oxygen atoms in total. The van der Waals surface area contributed by atoms with Gasteiger partial charge in [-0.3, -0.25) is 0 Å². The van der Waals surface area contributed by atoms with E-state index in [-0.39, 0.29) is 0 Å². The van der Waals surface area contributed by atoms with Crippen molar-refractivity contribution in [2.75, 3.05) is 0 Å². The van der Waals surface area contributed by atoms with E-state index in [0.29, 0.717) is 0 Å². The third-order valence-electron chi connectivity index (χ3n) is 4.36. The minimum Gasteiger partial charge on any atom is -0.240 e. The molecule has 0 aliphatic rings. The SMILES string of the molecule is Cc1cccc(C)c1-c1cc([Si](C)(C)C)ccc1-n1cccn1. The van der Waals surface area contributed by atoms with Gasteiger partial charge in [-0.05, 0) is 42.7 Å². The Morgan fingerprint density at radius 3 is 2.17 bits per heavy atom. The molecule has 0 fully saturated rings. The lowest BCUT2D eigenvalue weighted by molar-refractivity contribution is 0.882. The Hall–Kier alpha value is -2.13. The molecule has 0 bridgehead atoms. The molecular formula is C20H24N2Si. The minimum absolute atomic E-state index is 1.15. The standard InChI is InChI=1S/C20H24N2Si/c1-15-8-6-9-16(2)20(15)18-14-17(23(3,4)5)10-11-19(18)22-13-7-12-21-22/h6-14H,1-5H3. The highest BCUT2D eigenvalue weighted by Crippen LogP contribution is 2.31. The van der Waals surface area contributed by atoms with Gasteiger partial charge < -0.3 is 0 Å². The molecule has 0 saturated carbocycles. The predicted molar refractivity (Wildman–Crippen MR) is 101 cm³/mol. The first-order valence-electron chi connectivity index (χ1n) is 8.09. The lowest BCUT2D eigenvalue weighted by Gasteiger charge is -2.21. The fraction of sp³-hybridized carbons (Fsp3) is 0.250. The number of benzene rings is 2. The van der Waals surface area contributed by atoms with E-state index in [1.807, 2.05) is 23.1 Å². The summed E-state index contributed by atoms with van der Waals surface area (Å²) in [5, 5.41) is 5.93. The van der Waals surface area contributed by atoms with Crippen molar-refractivity contribution in [3.63, 3.8) is 0 Å². The highest BCUT2D eigenvalue weighted by Gasteiger charge is 2.20. The summed E-state index contributed by atoms with van der Waals surface area (Å²) in [5.74, 6) is 0. The van der Waals surface area contributed by atoms with Crippen LogP contribution < -0.4 is 5.19 Å². The van der Waals surface area contributed by atoms with Gasteiger partial charge in [-0.15, -0.1) is 0 Å². The molecule has 0 amide bonds. The van der Waals surface area contributed by atoms with E-state index in [9.17, 15) is 0 Å². The summed E-state index contributed by atoms with van der Waals surface area (Å²) >= 11 is 0. The Morgan fingerprint density at radius 1 is 0.913 bits per heavy atom. The molecular weight excluding hydrogens is 296 g/mol. The van der Waals surface area contributed by atoms with Gasteiger partial charge in [-0.25, -0.2) is 4.68 Å². The summed E-state index contributed by atoms with van der Waals surface area (Å²) in [5.41, 5.74) is 6.38. The number of aryl methyl sites for hydroxylation is 2. The molecule has 0 aliphatic carbocycles. The molecule has 0 aliphatic heterocycles. The monoisotopic (exact) mass is 320 g/mol. The van der Waals surface area contributed by atoms with Crippen molar-refractivity contribution >= 4 is 13.3 Å². The molecule has 3 rings (SSSR count). The van der Waals surface area contributed by atoms with Gasteiger partial charge in [0.2, 0.25) is 0 Å². The van der Waals surface area contributed by atoms with E-state index < -0.39 is 8.07 Å². The van der Waals surface area contributed by atoms with Crippen LogP contribution in [0.3, 0.4) is 0 Å². The fourth-order valence-electron chi connectivity index (χ4n) is 3.05. The molecule has 1 aromatic heterocycles. The number of aromatic nitrogens is 2. The maximum absolute atomic E-state index is 4.45. The van der Waals surface area contributed by atoms with Crippen molar-refractivity contribution in [3.05, 3.63) is 66.0 Å². The van der Waals surface area contributed by atoms with Crippen LogP contribution in [0, 0.1) is 13.8 Å². The highest BCUT2D eigenvalue weighted by molar-refractivity contribution is 6.88. The van der Waals surface area contributed by atoms with E-state index in [1.54, 1.807) is 0 Å². The van der Waals surface area contributed by atoms with Crippen LogP contribution in [0.25, 0.3) is 16.8 Å². The summed E-state index contributed by atoms with van der Waals surface area (Å²) in [6.45, 7) is 11.6. The minimum atomic E-state index is -1.37. The number of rotatable bonds is 3. The van der Waals surface area contributed by atoms with Gasteiger partial charge in [0.05, 0.1) is 13.8 Å². The Morgan fingerprint density at radius 2 is 1.61 bits per heavy atom. The van der Waals surface area contributed by atoms with Gasteiger partial charge in [0, 0.05) is 18.0 Å². The van der Waals surface area contributed by atoms with Crippen molar-refractivity contribution in [3.8, 4) is 16.8 Å². The highest BCUT2D eigenvalue weighted by atomic mass is 28.3. The van der Waals surface area contributed by atoms with Gasteiger partial charge in [0.25, 0.3) is 0 Å². The van der Waals surface area contributed by atoms with Crippen molar-refractivity contribution in [1.82, 2.24) is 9.78 Å². The number of hydrogen-bond donors (Lipinski definition) is 0. The third-order valence-corrected chi connectivity index (χ3v) is 6.41. The largest absolute Gasteiger partial charge is 0.240 e. The second-order valence-electron chi connectivity index (χ2n) is 7.20. The average molecular weight is 321 g/mol. The topological polar surface area (TPSA) is 17.8 Å². The smallest absolute Gasteiger partial charge is 0.0776 e. The molecule has 0 saturated heterocycles. The zero-order chi connectivity index (χ0) is 16.6. The van der Waals surface area contributed by atoms with Crippen molar-refractivity contribution < 1.29 is 0 Å². The molecule has 118 valence electrons. The maximum Gasteiger partial charge on any atom is 0.0776 e. The van der Waals surface area contributed by atoms with Crippen LogP contribution in [0.1, 0.15) is 11.1 Å². The first kappa shape index (κ1) is 15.8. The predicted octanol–water partition coefficient (Wildman–Crippen LogP) is 4.70. The Kier molecular flexibility index (Phi) is 3.98. The summed E-state index contributed by atoms with van der Waals surface area (Å²) in [6.07, 6.45) is 3.85. The molecule has 0 N–H and O–H groups in total. The summed E-state index contributed by atoms with van der Waals surface area (Å²) in [6, 6.07) is 15.4. The first-order chi connectivity index (χ1) is 10.9. The molecule has 0 spiro atoms. The van der Waals surface area contributed by atoms with Gasteiger partial charge in [0.1, 0.15) is 0 Å². The quantitative estimate of drug-likeness (QED) is 0.640. The molecule has 0 unspecified atom stereocenters. The number of hydrogen-bond acceptors (Lipinski definition) is 1. The van der Waals surface area contributed by atoms with Gasteiger partial charge in [-0.1, -0.05) is 55.2 Å². The van der Waals surface area contributed by atoms with E-state index in [0.717, 1.165) is 5.69 Å². The van der Waals surface area contributed by atoms with Crippen LogP contribution in [0.5, 0.6) is 0 Å². The maximum atomic E-state index is 4.45.